The molecule has 1 atom stereocenters. The second-order valence-electron chi connectivity index (χ2n) is 8.05. The lowest BCUT2D eigenvalue weighted by molar-refractivity contribution is -0.133. The standard InChI is InChI=1S/C25H32N4O2.C2H6.2CH2O/c1-5-20(25(30)27-31)12-14-29-15-13-23-16-22(10-11-24(23)18(29)2)21-8-6-19(7-9-21)17-26-28(3)4;3*1-2/h6-11,13,15-16,20,26,31H,2,5,12,14,17H2,1,3-4H3,(H,27,30);1-2H3;2*1H2/t20-;;;/m1.../s1. The fourth-order valence-electron chi connectivity index (χ4n) is 3.74. The quantitative estimate of drug-likeness (QED) is 0.330. The number of hydrazine groups is 1. The number of hydrogen-bond donors (Lipinski definition) is 3. The maximum absolute atomic E-state index is 11.7. The summed E-state index contributed by atoms with van der Waals surface area (Å²) < 4.78 is 0. The van der Waals surface area contributed by atoms with Crippen LogP contribution in [0.4, 0.5) is 0 Å². The van der Waals surface area contributed by atoms with Gasteiger partial charge in [-0.1, -0.05) is 63.7 Å². The number of hydrogen-bond acceptors (Lipinski definition) is 7. The van der Waals surface area contributed by atoms with Crippen LogP contribution in [-0.4, -0.2) is 55.2 Å². The van der Waals surface area contributed by atoms with Gasteiger partial charge >= 0.3 is 0 Å². The normalized spacial score (nSPS) is 12.1. The lowest BCUT2D eigenvalue weighted by Crippen LogP contribution is -2.30. The van der Waals surface area contributed by atoms with E-state index in [0.717, 1.165) is 23.4 Å². The van der Waals surface area contributed by atoms with Gasteiger partial charge in [0.2, 0.25) is 5.91 Å². The number of carbonyl (C=O) groups is 3. The van der Waals surface area contributed by atoms with Crippen LogP contribution in [0.15, 0.2) is 55.2 Å². The first-order valence-electron chi connectivity index (χ1n) is 12.2. The van der Waals surface area contributed by atoms with Gasteiger partial charge < -0.3 is 14.5 Å². The van der Waals surface area contributed by atoms with E-state index in [1.807, 2.05) is 59.7 Å². The van der Waals surface area contributed by atoms with Crippen molar-refractivity contribution >= 4 is 31.3 Å². The lowest BCUT2D eigenvalue weighted by Gasteiger charge is -2.29. The van der Waals surface area contributed by atoms with E-state index in [1.165, 1.54) is 16.7 Å². The monoisotopic (exact) mass is 510 g/mol. The van der Waals surface area contributed by atoms with Crippen LogP contribution in [0.1, 0.15) is 50.3 Å². The summed E-state index contributed by atoms with van der Waals surface area (Å²) in [6, 6.07) is 15.0. The van der Waals surface area contributed by atoms with Gasteiger partial charge in [-0.3, -0.25) is 20.4 Å². The molecule has 37 heavy (non-hydrogen) atoms. The zero-order valence-corrected chi connectivity index (χ0v) is 22.8. The molecule has 8 heteroatoms. The molecule has 2 aromatic carbocycles. The zero-order valence-electron chi connectivity index (χ0n) is 22.8. The molecule has 0 fully saturated rings. The molecule has 0 saturated heterocycles. The fourth-order valence-corrected chi connectivity index (χ4v) is 3.74. The minimum absolute atomic E-state index is 0.217. The largest absolute Gasteiger partial charge is 0.348 e. The Bertz CT molecular complexity index is 988. The molecular formula is C29H42N4O4. The summed E-state index contributed by atoms with van der Waals surface area (Å²) in [5.41, 5.74) is 11.8. The average molecular weight is 511 g/mol. The van der Waals surface area contributed by atoms with E-state index < -0.39 is 0 Å². The molecule has 1 amide bonds. The number of benzene rings is 2. The number of fused-ring (bicyclic) bond motifs is 1. The van der Waals surface area contributed by atoms with Crippen molar-refractivity contribution in [3.05, 3.63) is 71.9 Å². The van der Waals surface area contributed by atoms with Gasteiger partial charge in [0.1, 0.15) is 13.6 Å². The number of hydroxylamine groups is 1. The summed E-state index contributed by atoms with van der Waals surface area (Å²) in [4.78, 5) is 29.8. The van der Waals surface area contributed by atoms with Gasteiger partial charge in [0, 0.05) is 50.6 Å². The summed E-state index contributed by atoms with van der Waals surface area (Å²) in [6.45, 7) is 15.7. The molecule has 0 unspecified atom stereocenters. The first-order chi connectivity index (χ1) is 17.9. The minimum Gasteiger partial charge on any atom is -0.348 e. The molecule has 8 nitrogen and oxygen atoms in total. The Morgan fingerprint density at radius 1 is 1.03 bits per heavy atom. The Morgan fingerprint density at radius 2 is 1.62 bits per heavy atom. The molecule has 0 aromatic heterocycles. The molecule has 0 spiro atoms. The summed E-state index contributed by atoms with van der Waals surface area (Å²) in [5, 5.41) is 10.8. The highest BCUT2D eigenvalue weighted by Gasteiger charge is 2.20. The third kappa shape index (κ3) is 10.1. The van der Waals surface area contributed by atoms with Crippen molar-refractivity contribution in [2.75, 3.05) is 20.6 Å². The van der Waals surface area contributed by atoms with Crippen LogP contribution in [0.3, 0.4) is 0 Å². The topological polar surface area (TPSA) is 102 Å². The van der Waals surface area contributed by atoms with E-state index in [2.05, 4.69) is 65.4 Å². The van der Waals surface area contributed by atoms with Crippen molar-refractivity contribution in [2.24, 2.45) is 5.92 Å². The third-order valence-corrected chi connectivity index (χ3v) is 5.72. The van der Waals surface area contributed by atoms with E-state index in [4.69, 9.17) is 14.8 Å². The molecule has 0 radical (unpaired) electrons. The second kappa shape index (κ2) is 18.6. The highest BCUT2D eigenvalue weighted by Crippen LogP contribution is 2.32. The van der Waals surface area contributed by atoms with Crippen LogP contribution in [-0.2, 0) is 20.9 Å². The SMILES string of the molecule is C=C1c2ccc(-c3ccc(CNN(C)C)cc3)cc2C=CN1CC[C@@H](CC)C(=O)NO.C=O.C=O.CC. The Labute approximate surface area is 221 Å². The molecule has 1 aliphatic rings. The number of nitrogens with zero attached hydrogens (tertiary/aromatic N) is 2. The van der Waals surface area contributed by atoms with E-state index in [9.17, 15) is 4.79 Å². The number of carbonyl (C=O) groups excluding carboxylic acids is 3. The van der Waals surface area contributed by atoms with Crippen LogP contribution in [0.5, 0.6) is 0 Å². The summed E-state index contributed by atoms with van der Waals surface area (Å²) in [7, 11) is 3.97. The van der Waals surface area contributed by atoms with Gasteiger partial charge in [0.15, 0.2) is 0 Å². The van der Waals surface area contributed by atoms with E-state index in [-0.39, 0.29) is 11.8 Å². The van der Waals surface area contributed by atoms with Gasteiger partial charge in [-0.05, 0) is 47.2 Å². The molecule has 0 bridgehead atoms. The van der Waals surface area contributed by atoms with Crippen LogP contribution in [0, 0.1) is 5.92 Å². The number of amides is 1. The zero-order chi connectivity index (χ0) is 28.4. The Hall–Kier alpha value is -3.59. The number of rotatable bonds is 9. The summed E-state index contributed by atoms with van der Waals surface area (Å²) in [6.07, 6.45) is 5.44. The average Bonchev–Trinajstić information content (AvgIpc) is 2.96. The van der Waals surface area contributed by atoms with Crippen molar-refractivity contribution in [2.45, 2.75) is 40.2 Å². The van der Waals surface area contributed by atoms with Crippen LogP contribution >= 0.6 is 0 Å². The van der Waals surface area contributed by atoms with Crippen LogP contribution < -0.4 is 10.9 Å². The smallest absolute Gasteiger partial charge is 0.246 e. The van der Waals surface area contributed by atoms with Crippen molar-refractivity contribution in [1.29, 1.82) is 0 Å². The first-order valence-corrected chi connectivity index (χ1v) is 12.2. The molecule has 202 valence electrons. The maximum Gasteiger partial charge on any atom is 0.246 e. The highest BCUT2D eigenvalue weighted by atomic mass is 16.5. The molecule has 2 aromatic rings. The Balaban J connectivity index is 0.00000201. The van der Waals surface area contributed by atoms with Gasteiger partial charge in [-0.15, -0.1) is 0 Å². The third-order valence-electron chi connectivity index (χ3n) is 5.72. The molecule has 0 saturated carbocycles. The molecule has 3 rings (SSSR count). The van der Waals surface area contributed by atoms with E-state index in [1.54, 1.807) is 5.48 Å². The van der Waals surface area contributed by atoms with Crippen LogP contribution in [0.2, 0.25) is 0 Å². The number of nitrogens with one attached hydrogen (secondary N) is 2. The summed E-state index contributed by atoms with van der Waals surface area (Å²) >= 11 is 0. The predicted octanol–water partition coefficient (Wildman–Crippen LogP) is 4.75. The Morgan fingerprint density at radius 3 is 2.16 bits per heavy atom. The Kier molecular flexibility index (Phi) is 16.8. The molecule has 1 heterocycles. The van der Waals surface area contributed by atoms with Gasteiger partial charge in [-0.25, -0.2) is 5.48 Å². The van der Waals surface area contributed by atoms with Crippen molar-refractivity contribution in [1.82, 2.24) is 20.8 Å². The second-order valence-corrected chi connectivity index (χ2v) is 8.05. The van der Waals surface area contributed by atoms with E-state index in [0.29, 0.717) is 19.4 Å². The lowest BCUT2D eigenvalue weighted by atomic mass is 9.94. The predicted molar refractivity (Wildman–Crippen MR) is 151 cm³/mol. The molecule has 3 N–H and O–H groups in total. The van der Waals surface area contributed by atoms with Crippen molar-refractivity contribution in [3.8, 4) is 11.1 Å². The van der Waals surface area contributed by atoms with Crippen LogP contribution in [0.25, 0.3) is 22.9 Å². The van der Waals surface area contributed by atoms with Gasteiger partial charge in [0.05, 0.1) is 0 Å². The first kappa shape index (κ1) is 33.4. The molecule has 1 aliphatic heterocycles. The summed E-state index contributed by atoms with van der Waals surface area (Å²) in [5.74, 6) is -0.548. The van der Waals surface area contributed by atoms with Gasteiger partial charge in [-0.2, -0.15) is 0 Å². The molecular weight excluding hydrogens is 468 g/mol. The maximum atomic E-state index is 11.7. The van der Waals surface area contributed by atoms with Crippen molar-refractivity contribution in [3.63, 3.8) is 0 Å². The minimum atomic E-state index is -0.331. The highest BCUT2D eigenvalue weighted by molar-refractivity contribution is 5.80. The van der Waals surface area contributed by atoms with Crippen molar-refractivity contribution < 1.29 is 19.6 Å². The van der Waals surface area contributed by atoms with E-state index >= 15 is 0 Å². The molecule has 0 aliphatic carbocycles. The van der Waals surface area contributed by atoms with Gasteiger partial charge in [0.25, 0.3) is 0 Å². The fraction of sp³-hybridized carbons (Fsp3) is 0.345.